The first-order valence-electron chi connectivity index (χ1n) is 9.73. The van der Waals surface area contributed by atoms with Crippen LogP contribution in [0, 0.1) is 6.92 Å². The number of aryl methyl sites for hydroxylation is 1. The lowest BCUT2D eigenvalue weighted by molar-refractivity contribution is 0.547. The van der Waals surface area contributed by atoms with Crippen LogP contribution in [0.4, 0.5) is 5.82 Å². The highest BCUT2D eigenvalue weighted by Gasteiger charge is 2.21. The molecule has 3 aromatic heterocycles. The quantitative estimate of drug-likeness (QED) is 0.519. The number of H-pyrrole nitrogens is 1. The van der Waals surface area contributed by atoms with Crippen molar-refractivity contribution in [3.05, 3.63) is 52.6 Å². The maximum absolute atomic E-state index is 13.5. The number of fused-ring (bicyclic) bond motifs is 2. The summed E-state index contributed by atoms with van der Waals surface area (Å²) in [5.41, 5.74) is 2.85. The van der Waals surface area contributed by atoms with Gasteiger partial charge in [-0.3, -0.25) is 4.79 Å². The summed E-state index contributed by atoms with van der Waals surface area (Å²) >= 11 is 0. The molecule has 29 heavy (non-hydrogen) atoms. The molecule has 0 unspecified atom stereocenters. The lowest BCUT2D eigenvalue weighted by atomic mass is 10.1. The average Bonchev–Trinajstić information content (AvgIpc) is 3.20. The largest absolute Gasteiger partial charge is 0.358 e. The molecule has 0 fully saturated rings. The summed E-state index contributed by atoms with van der Waals surface area (Å²) in [6, 6.07) is 5.46. The van der Waals surface area contributed by atoms with Gasteiger partial charge in [-0.15, -0.1) is 0 Å². The van der Waals surface area contributed by atoms with Gasteiger partial charge in [-0.2, -0.15) is 0 Å². The standard InChI is InChI=1S/C20H24N8O/c1-5-27(6-2)28-19(26-14-9-7-8-12(3)15(14)20(28)29)13(4)25-18-16-17(22-10-21-16)23-11-24-18/h7-11,13H,5-6H2,1-4H3,(H2,21,22,23,24,25)/t13-/m0/s1. The van der Waals surface area contributed by atoms with Crippen LogP contribution in [0.1, 0.15) is 38.2 Å². The zero-order chi connectivity index (χ0) is 20.5. The predicted octanol–water partition coefficient (Wildman–Crippen LogP) is 2.52. The highest BCUT2D eigenvalue weighted by molar-refractivity contribution is 5.83. The first-order chi connectivity index (χ1) is 14.0. The van der Waals surface area contributed by atoms with Crippen molar-refractivity contribution in [2.45, 2.75) is 33.7 Å². The van der Waals surface area contributed by atoms with Crippen molar-refractivity contribution in [2.24, 2.45) is 0 Å². The maximum Gasteiger partial charge on any atom is 0.280 e. The molecule has 3 heterocycles. The van der Waals surface area contributed by atoms with Gasteiger partial charge in [-0.05, 0) is 39.3 Å². The average molecular weight is 392 g/mol. The monoisotopic (exact) mass is 392 g/mol. The zero-order valence-corrected chi connectivity index (χ0v) is 17.0. The number of aromatic amines is 1. The molecule has 150 valence electrons. The van der Waals surface area contributed by atoms with E-state index >= 15 is 0 Å². The van der Waals surface area contributed by atoms with Crippen molar-refractivity contribution in [1.29, 1.82) is 0 Å². The highest BCUT2D eigenvalue weighted by atomic mass is 16.1. The smallest absolute Gasteiger partial charge is 0.280 e. The molecule has 9 nitrogen and oxygen atoms in total. The Morgan fingerprint density at radius 2 is 2.00 bits per heavy atom. The van der Waals surface area contributed by atoms with Crippen molar-refractivity contribution in [3.8, 4) is 0 Å². The van der Waals surface area contributed by atoms with Crippen molar-refractivity contribution in [3.63, 3.8) is 0 Å². The van der Waals surface area contributed by atoms with Crippen LogP contribution in [0.25, 0.3) is 22.1 Å². The van der Waals surface area contributed by atoms with Crippen LogP contribution in [0.15, 0.2) is 35.6 Å². The van der Waals surface area contributed by atoms with Crippen LogP contribution in [0.5, 0.6) is 0 Å². The van der Waals surface area contributed by atoms with E-state index < -0.39 is 0 Å². The van der Waals surface area contributed by atoms with Crippen molar-refractivity contribution >= 4 is 27.9 Å². The van der Waals surface area contributed by atoms with Crippen molar-refractivity contribution < 1.29 is 0 Å². The second kappa shape index (κ2) is 7.50. The summed E-state index contributed by atoms with van der Waals surface area (Å²) in [5, 5.41) is 6.00. The molecule has 1 atom stereocenters. The predicted molar refractivity (Wildman–Crippen MR) is 114 cm³/mol. The van der Waals surface area contributed by atoms with E-state index in [9.17, 15) is 4.79 Å². The summed E-state index contributed by atoms with van der Waals surface area (Å²) in [7, 11) is 0. The highest BCUT2D eigenvalue weighted by Crippen LogP contribution is 2.22. The van der Waals surface area contributed by atoms with E-state index in [-0.39, 0.29) is 11.6 Å². The molecular weight excluding hydrogens is 368 g/mol. The SMILES string of the molecule is CCN(CC)n1c([C@H](C)Nc2ncnc3nc[nH]c23)nc2cccc(C)c2c1=O. The Balaban J connectivity index is 1.88. The van der Waals surface area contributed by atoms with Gasteiger partial charge in [0.25, 0.3) is 5.56 Å². The van der Waals surface area contributed by atoms with Gasteiger partial charge in [0.15, 0.2) is 17.3 Å². The fourth-order valence-electron chi connectivity index (χ4n) is 3.61. The van der Waals surface area contributed by atoms with E-state index in [4.69, 9.17) is 4.98 Å². The minimum absolute atomic E-state index is 0.0603. The number of nitrogens with one attached hydrogen (secondary N) is 2. The van der Waals surface area contributed by atoms with Gasteiger partial charge in [-0.25, -0.2) is 24.6 Å². The number of aromatic nitrogens is 6. The molecular formula is C20H24N8O. The molecule has 0 aliphatic rings. The number of nitrogens with zero attached hydrogens (tertiary/aromatic N) is 6. The molecule has 0 bridgehead atoms. The Hall–Kier alpha value is -3.49. The molecule has 9 heteroatoms. The summed E-state index contributed by atoms with van der Waals surface area (Å²) in [6.07, 6.45) is 3.05. The fourth-order valence-corrected chi connectivity index (χ4v) is 3.61. The van der Waals surface area contributed by atoms with Crippen molar-refractivity contribution in [1.82, 2.24) is 29.6 Å². The number of imidazole rings is 1. The number of hydrogen-bond acceptors (Lipinski definition) is 7. The molecule has 0 spiro atoms. The van der Waals surface area contributed by atoms with Crippen LogP contribution in [-0.4, -0.2) is 42.7 Å². The maximum atomic E-state index is 13.5. The van der Waals surface area contributed by atoms with E-state index in [0.717, 1.165) is 5.56 Å². The van der Waals surface area contributed by atoms with Gasteiger partial charge in [0, 0.05) is 13.1 Å². The summed E-state index contributed by atoms with van der Waals surface area (Å²) in [6.45, 7) is 9.33. The molecule has 0 aliphatic carbocycles. The topological polar surface area (TPSA) is 105 Å². The normalized spacial score (nSPS) is 12.4. The molecule has 0 saturated heterocycles. The molecule has 0 radical (unpaired) electrons. The third-order valence-electron chi connectivity index (χ3n) is 5.09. The van der Waals surface area contributed by atoms with E-state index in [2.05, 4.69) is 25.3 Å². The van der Waals surface area contributed by atoms with Gasteiger partial charge >= 0.3 is 0 Å². The Morgan fingerprint density at radius 1 is 1.21 bits per heavy atom. The molecule has 0 aliphatic heterocycles. The van der Waals surface area contributed by atoms with E-state index in [1.165, 1.54) is 6.33 Å². The lowest BCUT2D eigenvalue weighted by Gasteiger charge is -2.28. The Kier molecular flexibility index (Phi) is 4.87. The number of anilines is 1. The molecule has 2 N–H and O–H groups in total. The summed E-state index contributed by atoms with van der Waals surface area (Å²) in [5.74, 6) is 1.24. The third kappa shape index (κ3) is 3.18. The number of hydrogen-bond donors (Lipinski definition) is 2. The van der Waals surface area contributed by atoms with Crippen LogP contribution < -0.4 is 15.9 Å². The van der Waals surface area contributed by atoms with Gasteiger partial charge in [0.1, 0.15) is 11.8 Å². The number of benzene rings is 1. The van der Waals surface area contributed by atoms with E-state index in [1.54, 1.807) is 11.0 Å². The minimum atomic E-state index is -0.283. The van der Waals surface area contributed by atoms with Gasteiger partial charge in [0.05, 0.1) is 23.3 Å². The Morgan fingerprint density at radius 3 is 2.76 bits per heavy atom. The minimum Gasteiger partial charge on any atom is -0.358 e. The summed E-state index contributed by atoms with van der Waals surface area (Å²) in [4.78, 5) is 34.0. The first-order valence-corrected chi connectivity index (χ1v) is 9.73. The van der Waals surface area contributed by atoms with Crippen LogP contribution in [0.2, 0.25) is 0 Å². The van der Waals surface area contributed by atoms with Crippen LogP contribution >= 0.6 is 0 Å². The fraction of sp³-hybridized carbons (Fsp3) is 0.350. The van der Waals surface area contributed by atoms with Gasteiger partial charge in [-0.1, -0.05) is 12.1 Å². The van der Waals surface area contributed by atoms with Gasteiger partial charge in [0.2, 0.25) is 0 Å². The Bertz CT molecular complexity index is 1220. The Labute approximate surface area is 167 Å². The summed E-state index contributed by atoms with van der Waals surface area (Å²) < 4.78 is 1.69. The van der Waals surface area contributed by atoms with Gasteiger partial charge < -0.3 is 15.3 Å². The first kappa shape index (κ1) is 18.9. The van der Waals surface area contributed by atoms with E-state index in [0.29, 0.717) is 46.8 Å². The lowest BCUT2D eigenvalue weighted by Crippen LogP contribution is -2.45. The molecule has 1 aromatic carbocycles. The van der Waals surface area contributed by atoms with E-state index in [1.807, 2.05) is 50.9 Å². The third-order valence-corrected chi connectivity index (χ3v) is 5.09. The second-order valence-electron chi connectivity index (χ2n) is 6.88. The van der Waals surface area contributed by atoms with Crippen LogP contribution in [0.3, 0.4) is 0 Å². The molecule has 0 amide bonds. The van der Waals surface area contributed by atoms with Crippen molar-refractivity contribution in [2.75, 3.05) is 23.4 Å². The number of rotatable bonds is 6. The second-order valence-corrected chi connectivity index (χ2v) is 6.88. The zero-order valence-electron chi connectivity index (χ0n) is 17.0. The molecule has 4 rings (SSSR count). The van der Waals surface area contributed by atoms with Crippen LogP contribution in [-0.2, 0) is 0 Å². The molecule has 0 saturated carbocycles. The molecule has 4 aromatic rings.